The fourth-order valence-electron chi connectivity index (χ4n) is 1.73. The van der Waals surface area contributed by atoms with Crippen molar-refractivity contribution in [3.63, 3.8) is 0 Å². The molecule has 0 heterocycles. The smallest absolute Gasteiger partial charge is 0.237 e. The van der Waals surface area contributed by atoms with E-state index in [4.69, 9.17) is 15.2 Å². The molecule has 120 valence electrons. The van der Waals surface area contributed by atoms with Gasteiger partial charge in [-0.2, -0.15) is 0 Å². The van der Waals surface area contributed by atoms with E-state index >= 15 is 0 Å². The lowest BCUT2D eigenvalue weighted by Crippen LogP contribution is -2.39. The topological polar surface area (TPSA) is 73.6 Å². The monoisotopic (exact) mass is 316 g/mol. The highest BCUT2D eigenvalue weighted by Gasteiger charge is 2.15. The molecule has 0 saturated heterocycles. The van der Waals surface area contributed by atoms with Crippen LogP contribution in [0, 0.1) is 0 Å². The van der Waals surface area contributed by atoms with Gasteiger partial charge in [0.15, 0.2) is 11.5 Å². The minimum atomic E-state index is -0.525. The number of benzene rings is 1. The zero-order chi connectivity index (χ0) is 15.3. The summed E-state index contributed by atoms with van der Waals surface area (Å²) in [6.07, 6.45) is 0.0740. The first-order chi connectivity index (χ1) is 9.35. The number of ether oxygens (including phenoxy) is 2. The SMILES string of the molecule is COc1cc(C(C)NC(=O)C(C)N)ccc1OC(C)C.Cl. The molecule has 0 spiro atoms. The van der Waals surface area contributed by atoms with Crippen LogP contribution in [0.15, 0.2) is 18.2 Å². The molecule has 0 aromatic heterocycles. The van der Waals surface area contributed by atoms with Crippen LogP contribution in [0.5, 0.6) is 11.5 Å². The summed E-state index contributed by atoms with van der Waals surface area (Å²) in [6, 6.07) is 4.96. The van der Waals surface area contributed by atoms with E-state index in [1.54, 1.807) is 14.0 Å². The van der Waals surface area contributed by atoms with E-state index in [0.29, 0.717) is 11.5 Å². The number of carbonyl (C=O) groups is 1. The van der Waals surface area contributed by atoms with Gasteiger partial charge in [-0.05, 0) is 45.4 Å². The molecular weight excluding hydrogens is 292 g/mol. The van der Waals surface area contributed by atoms with Gasteiger partial charge in [-0.3, -0.25) is 4.79 Å². The lowest BCUT2D eigenvalue weighted by Gasteiger charge is -2.19. The molecule has 2 atom stereocenters. The molecule has 0 radical (unpaired) electrons. The number of rotatable bonds is 6. The summed E-state index contributed by atoms with van der Waals surface area (Å²) in [6.45, 7) is 7.47. The van der Waals surface area contributed by atoms with Crippen LogP contribution in [0.25, 0.3) is 0 Å². The number of methoxy groups -OCH3 is 1. The summed E-state index contributed by atoms with van der Waals surface area (Å²) >= 11 is 0. The summed E-state index contributed by atoms with van der Waals surface area (Å²) < 4.78 is 11.0. The zero-order valence-corrected chi connectivity index (χ0v) is 14.0. The second kappa shape index (κ2) is 8.74. The van der Waals surface area contributed by atoms with Gasteiger partial charge in [0.1, 0.15) is 0 Å². The van der Waals surface area contributed by atoms with E-state index in [1.165, 1.54) is 0 Å². The van der Waals surface area contributed by atoms with E-state index < -0.39 is 6.04 Å². The first-order valence-corrected chi connectivity index (χ1v) is 6.75. The normalized spacial score (nSPS) is 13.1. The Balaban J connectivity index is 0.00000400. The van der Waals surface area contributed by atoms with Gasteiger partial charge in [0, 0.05) is 0 Å². The Kier molecular flexibility index (Phi) is 8.14. The van der Waals surface area contributed by atoms with Crippen molar-refractivity contribution in [2.24, 2.45) is 5.73 Å². The van der Waals surface area contributed by atoms with E-state index in [0.717, 1.165) is 5.56 Å². The van der Waals surface area contributed by atoms with Crippen molar-refractivity contribution in [3.8, 4) is 11.5 Å². The van der Waals surface area contributed by atoms with Crippen LogP contribution >= 0.6 is 12.4 Å². The maximum absolute atomic E-state index is 11.6. The van der Waals surface area contributed by atoms with E-state index in [9.17, 15) is 4.79 Å². The molecule has 21 heavy (non-hydrogen) atoms. The minimum Gasteiger partial charge on any atom is -0.493 e. The minimum absolute atomic E-state index is 0. The number of hydrogen-bond acceptors (Lipinski definition) is 4. The van der Waals surface area contributed by atoms with Gasteiger partial charge in [-0.1, -0.05) is 6.07 Å². The largest absolute Gasteiger partial charge is 0.493 e. The van der Waals surface area contributed by atoms with Gasteiger partial charge in [0.25, 0.3) is 0 Å². The van der Waals surface area contributed by atoms with E-state index in [1.807, 2.05) is 39.0 Å². The Hall–Kier alpha value is -1.46. The van der Waals surface area contributed by atoms with Crippen molar-refractivity contribution in [1.29, 1.82) is 0 Å². The third kappa shape index (κ3) is 5.81. The van der Waals surface area contributed by atoms with Crippen molar-refractivity contribution in [3.05, 3.63) is 23.8 Å². The Morgan fingerprint density at radius 2 is 1.81 bits per heavy atom. The molecule has 0 fully saturated rings. The quantitative estimate of drug-likeness (QED) is 0.845. The van der Waals surface area contributed by atoms with Crippen LogP contribution in [0.3, 0.4) is 0 Å². The fraction of sp³-hybridized carbons (Fsp3) is 0.533. The first kappa shape index (κ1) is 19.5. The number of carbonyl (C=O) groups excluding carboxylic acids is 1. The maximum Gasteiger partial charge on any atom is 0.237 e. The molecule has 0 aliphatic carbocycles. The third-order valence-corrected chi connectivity index (χ3v) is 2.82. The molecule has 2 unspecified atom stereocenters. The summed E-state index contributed by atoms with van der Waals surface area (Å²) in [5.41, 5.74) is 6.48. The Morgan fingerprint density at radius 3 is 2.29 bits per heavy atom. The lowest BCUT2D eigenvalue weighted by molar-refractivity contribution is -0.122. The lowest BCUT2D eigenvalue weighted by atomic mass is 10.1. The molecule has 0 saturated carbocycles. The number of nitrogens with one attached hydrogen (secondary N) is 1. The molecular formula is C15H25ClN2O3. The standard InChI is InChI=1S/C15H24N2O3.ClH/c1-9(2)20-13-7-6-12(8-14(13)19-5)11(4)17-15(18)10(3)16;/h6-11H,16H2,1-5H3,(H,17,18);1H. The van der Waals surface area contributed by atoms with E-state index in [-0.39, 0.29) is 30.5 Å². The molecule has 6 heteroatoms. The number of amides is 1. The van der Waals surface area contributed by atoms with Crippen molar-refractivity contribution in [1.82, 2.24) is 5.32 Å². The molecule has 0 aliphatic heterocycles. The Morgan fingerprint density at radius 1 is 1.19 bits per heavy atom. The van der Waals surface area contributed by atoms with Crippen molar-refractivity contribution in [2.75, 3.05) is 7.11 Å². The van der Waals surface area contributed by atoms with Crippen LogP contribution in [0.1, 0.15) is 39.3 Å². The molecule has 0 bridgehead atoms. The van der Waals surface area contributed by atoms with Crippen molar-refractivity contribution < 1.29 is 14.3 Å². The summed E-state index contributed by atoms with van der Waals surface area (Å²) in [4.78, 5) is 11.6. The first-order valence-electron chi connectivity index (χ1n) is 6.75. The number of halogens is 1. The van der Waals surface area contributed by atoms with Crippen LogP contribution in [0.4, 0.5) is 0 Å². The highest BCUT2D eigenvalue weighted by Crippen LogP contribution is 2.31. The van der Waals surface area contributed by atoms with Crippen molar-refractivity contribution >= 4 is 18.3 Å². The predicted molar refractivity (Wildman–Crippen MR) is 86.2 cm³/mol. The highest BCUT2D eigenvalue weighted by atomic mass is 35.5. The maximum atomic E-state index is 11.6. The fourth-order valence-corrected chi connectivity index (χ4v) is 1.73. The highest BCUT2D eigenvalue weighted by molar-refractivity contribution is 5.85. The number of nitrogens with two attached hydrogens (primary N) is 1. The third-order valence-electron chi connectivity index (χ3n) is 2.82. The summed E-state index contributed by atoms with van der Waals surface area (Å²) in [5.74, 6) is 1.16. The van der Waals surface area contributed by atoms with Gasteiger partial charge < -0.3 is 20.5 Å². The molecule has 0 aliphatic rings. The van der Waals surface area contributed by atoms with Crippen molar-refractivity contribution in [2.45, 2.75) is 45.9 Å². The molecule has 1 aromatic rings. The van der Waals surface area contributed by atoms with Crippen LogP contribution in [0.2, 0.25) is 0 Å². The zero-order valence-electron chi connectivity index (χ0n) is 13.2. The molecule has 5 nitrogen and oxygen atoms in total. The average Bonchev–Trinajstić information content (AvgIpc) is 2.38. The predicted octanol–water partition coefficient (Wildman–Crippen LogP) is 2.43. The molecule has 1 amide bonds. The Bertz CT molecular complexity index is 464. The van der Waals surface area contributed by atoms with Gasteiger partial charge >= 0.3 is 0 Å². The van der Waals surface area contributed by atoms with Crippen LogP contribution < -0.4 is 20.5 Å². The Labute approximate surface area is 132 Å². The van der Waals surface area contributed by atoms with Gasteiger partial charge in [0.2, 0.25) is 5.91 Å². The molecule has 1 aromatic carbocycles. The second-order valence-electron chi connectivity index (χ2n) is 5.10. The molecule has 1 rings (SSSR count). The average molecular weight is 317 g/mol. The second-order valence-corrected chi connectivity index (χ2v) is 5.10. The van der Waals surface area contributed by atoms with Crippen LogP contribution in [-0.4, -0.2) is 25.2 Å². The van der Waals surface area contributed by atoms with Gasteiger partial charge in [0.05, 0.1) is 25.3 Å². The molecule has 3 N–H and O–H groups in total. The van der Waals surface area contributed by atoms with Gasteiger partial charge in [-0.15, -0.1) is 12.4 Å². The summed E-state index contributed by atoms with van der Waals surface area (Å²) in [7, 11) is 1.59. The summed E-state index contributed by atoms with van der Waals surface area (Å²) in [5, 5.41) is 2.85. The van der Waals surface area contributed by atoms with Crippen LogP contribution in [-0.2, 0) is 4.79 Å². The van der Waals surface area contributed by atoms with Gasteiger partial charge in [-0.25, -0.2) is 0 Å². The van der Waals surface area contributed by atoms with E-state index in [2.05, 4.69) is 5.32 Å². The number of hydrogen-bond donors (Lipinski definition) is 2.